The average Bonchev–Trinajstić information content (AvgIpc) is 2.16. The summed E-state index contributed by atoms with van der Waals surface area (Å²) >= 11 is 0. The van der Waals surface area contributed by atoms with Crippen molar-refractivity contribution in [2.24, 2.45) is 5.73 Å². The number of nitrogens with two attached hydrogens (primary N) is 1. The van der Waals surface area contributed by atoms with Crippen molar-refractivity contribution in [2.45, 2.75) is 19.4 Å². The highest BCUT2D eigenvalue weighted by atomic mass is 14.9. The minimum atomic E-state index is 0.396. The minimum absolute atomic E-state index is 0.396. The summed E-state index contributed by atoms with van der Waals surface area (Å²) in [5.41, 5.74) is 6.72. The monoisotopic (exact) mass is 164 g/mol. The molecular formula is C10H16N2. The first-order valence-electron chi connectivity index (χ1n) is 4.38. The van der Waals surface area contributed by atoms with Crippen molar-refractivity contribution in [1.82, 2.24) is 0 Å². The Morgan fingerprint density at radius 2 is 2.00 bits per heavy atom. The Balaban J connectivity index is 2.51. The molecule has 66 valence electrons. The SMILES string of the molecule is CCC(CN)Nc1ccccc1. The summed E-state index contributed by atoms with van der Waals surface area (Å²) in [6, 6.07) is 10.6. The second-order valence-corrected chi connectivity index (χ2v) is 2.85. The molecule has 3 N–H and O–H groups in total. The molecule has 0 saturated carbocycles. The summed E-state index contributed by atoms with van der Waals surface area (Å²) in [6.45, 7) is 2.82. The average molecular weight is 164 g/mol. The van der Waals surface area contributed by atoms with Gasteiger partial charge < -0.3 is 11.1 Å². The van der Waals surface area contributed by atoms with E-state index in [9.17, 15) is 0 Å². The summed E-state index contributed by atoms with van der Waals surface area (Å²) in [5.74, 6) is 0. The van der Waals surface area contributed by atoms with Gasteiger partial charge >= 0.3 is 0 Å². The molecule has 0 fully saturated rings. The van der Waals surface area contributed by atoms with Crippen LogP contribution in [-0.2, 0) is 0 Å². The Kier molecular flexibility index (Phi) is 3.61. The van der Waals surface area contributed by atoms with Gasteiger partial charge in [-0.2, -0.15) is 0 Å². The zero-order chi connectivity index (χ0) is 8.81. The minimum Gasteiger partial charge on any atom is -0.381 e. The van der Waals surface area contributed by atoms with E-state index in [2.05, 4.69) is 24.4 Å². The molecule has 12 heavy (non-hydrogen) atoms. The van der Waals surface area contributed by atoms with E-state index in [1.807, 2.05) is 18.2 Å². The Hall–Kier alpha value is -1.02. The molecule has 1 aromatic carbocycles. The molecule has 0 saturated heterocycles. The first kappa shape index (κ1) is 9.07. The van der Waals surface area contributed by atoms with Crippen molar-refractivity contribution < 1.29 is 0 Å². The van der Waals surface area contributed by atoms with Crippen LogP contribution in [0.5, 0.6) is 0 Å². The zero-order valence-corrected chi connectivity index (χ0v) is 7.46. The van der Waals surface area contributed by atoms with Crippen LogP contribution < -0.4 is 11.1 Å². The molecule has 2 nitrogen and oxygen atoms in total. The second-order valence-electron chi connectivity index (χ2n) is 2.85. The molecule has 0 amide bonds. The van der Waals surface area contributed by atoms with Gasteiger partial charge in [0.25, 0.3) is 0 Å². The summed E-state index contributed by atoms with van der Waals surface area (Å²) in [4.78, 5) is 0. The smallest absolute Gasteiger partial charge is 0.0381 e. The molecule has 1 rings (SSSR count). The molecule has 1 atom stereocenters. The van der Waals surface area contributed by atoms with Gasteiger partial charge in [0.2, 0.25) is 0 Å². The highest BCUT2D eigenvalue weighted by Gasteiger charge is 2.01. The lowest BCUT2D eigenvalue weighted by atomic mass is 10.2. The van der Waals surface area contributed by atoms with E-state index in [1.54, 1.807) is 0 Å². The summed E-state index contributed by atoms with van der Waals surface area (Å²) in [6.07, 6.45) is 1.06. The fourth-order valence-corrected chi connectivity index (χ4v) is 1.10. The second kappa shape index (κ2) is 4.78. The van der Waals surface area contributed by atoms with Crippen molar-refractivity contribution >= 4 is 5.69 Å². The van der Waals surface area contributed by atoms with Gasteiger partial charge in [-0.05, 0) is 18.6 Å². The first-order valence-corrected chi connectivity index (χ1v) is 4.38. The largest absolute Gasteiger partial charge is 0.381 e. The number of benzene rings is 1. The van der Waals surface area contributed by atoms with Gasteiger partial charge in [-0.25, -0.2) is 0 Å². The molecule has 1 unspecified atom stereocenters. The van der Waals surface area contributed by atoms with Gasteiger partial charge in [-0.15, -0.1) is 0 Å². The number of rotatable bonds is 4. The van der Waals surface area contributed by atoms with Gasteiger partial charge in [-0.1, -0.05) is 25.1 Å². The third kappa shape index (κ3) is 2.55. The van der Waals surface area contributed by atoms with Crippen LogP contribution in [0.3, 0.4) is 0 Å². The third-order valence-corrected chi connectivity index (χ3v) is 1.92. The number of hydrogen-bond acceptors (Lipinski definition) is 2. The third-order valence-electron chi connectivity index (χ3n) is 1.92. The predicted molar refractivity (Wildman–Crippen MR) is 53.2 cm³/mol. The molecule has 0 aliphatic carbocycles. The maximum absolute atomic E-state index is 5.57. The Morgan fingerprint density at radius 3 is 2.50 bits per heavy atom. The standard InChI is InChI=1S/C10H16N2/c1-2-9(8-11)12-10-6-4-3-5-7-10/h3-7,9,12H,2,8,11H2,1H3. The Bertz CT molecular complexity index is 204. The van der Waals surface area contributed by atoms with Gasteiger partial charge in [-0.3, -0.25) is 0 Å². The van der Waals surface area contributed by atoms with Crippen LogP contribution in [-0.4, -0.2) is 12.6 Å². The number of para-hydroxylation sites is 1. The fourth-order valence-electron chi connectivity index (χ4n) is 1.10. The molecule has 1 aromatic rings. The number of anilines is 1. The van der Waals surface area contributed by atoms with Crippen LogP contribution >= 0.6 is 0 Å². The van der Waals surface area contributed by atoms with E-state index in [1.165, 1.54) is 0 Å². The van der Waals surface area contributed by atoms with Crippen molar-refractivity contribution in [3.05, 3.63) is 30.3 Å². The van der Waals surface area contributed by atoms with E-state index in [-0.39, 0.29) is 0 Å². The number of nitrogens with one attached hydrogen (secondary N) is 1. The Labute approximate surface area is 73.8 Å². The molecule has 0 radical (unpaired) electrons. The fraction of sp³-hybridized carbons (Fsp3) is 0.400. The van der Waals surface area contributed by atoms with Gasteiger partial charge in [0, 0.05) is 18.3 Å². The van der Waals surface area contributed by atoms with E-state index >= 15 is 0 Å². The van der Waals surface area contributed by atoms with Crippen LogP contribution in [0.25, 0.3) is 0 Å². The van der Waals surface area contributed by atoms with E-state index in [0.717, 1.165) is 12.1 Å². The molecule has 0 heterocycles. The van der Waals surface area contributed by atoms with Crippen LogP contribution in [0.4, 0.5) is 5.69 Å². The molecular weight excluding hydrogens is 148 g/mol. The van der Waals surface area contributed by atoms with Gasteiger partial charge in [0.1, 0.15) is 0 Å². The molecule has 0 spiro atoms. The lowest BCUT2D eigenvalue weighted by Crippen LogP contribution is -2.27. The normalized spacial score (nSPS) is 12.5. The van der Waals surface area contributed by atoms with Crippen molar-refractivity contribution in [3.63, 3.8) is 0 Å². The maximum atomic E-state index is 5.57. The molecule has 0 bridgehead atoms. The van der Waals surface area contributed by atoms with E-state index in [4.69, 9.17) is 5.73 Å². The van der Waals surface area contributed by atoms with Crippen molar-refractivity contribution in [2.75, 3.05) is 11.9 Å². The highest BCUT2D eigenvalue weighted by molar-refractivity contribution is 5.43. The van der Waals surface area contributed by atoms with Crippen LogP contribution in [0, 0.1) is 0 Å². The lowest BCUT2D eigenvalue weighted by molar-refractivity contribution is 0.704. The van der Waals surface area contributed by atoms with Crippen LogP contribution in [0.1, 0.15) is 13.3 Å². The Morgan fingerprint density at radius 1 is 1.33 bits per heavy atom. The quantitative estimate of drug-likeness (QED) is 0.712. The van der Waals surface area contributed by atoms with E-state index < -0.39 is 0 Å². The summed E-state index contributed by atoms with van der Waals surface area (Å²) < 4.78 is 0. The van der Waals surface area contributed by atoms with Crippen LogP contribution in [0.15, 0.2) is 30.3 Å². The first-order chi connectivity index (χ1) is 5.86. The molecule has 2 heteroatoms. The lowest BCUT2D eigenvalue weighted by Gasteiger charge is -2.15. The van der Waals surface area contributed by atoms with Crippen molar-refractivity contribution in [3.8, 4) is 0 Å². The topological polar surface area (TPSA) is 38.0 Å². The summed E-state index contributed by atoms with van der Waals surface area (Å²) in [5, 5.41) is 3.35. The number of hydrogen-bond donors (Lipinski definition) is 2. The molecule has 0 aliphatic heterocycles. The van der Waals surface area contributed by atoms with Gasteiger partial charge in [0.15, 0.2) is 0 Å². The van der Waals surface area contributed by atoms with Crippen molar-refractivity contribution in [1.29, 1.82) is 0 Å². The predicted octanol–water partition coefficient (Wildman–Crippen LogP) is 1.84. The molecule has 0 aromatic heterocycles. The van der Waals surface area contributed by atoms with Gasteiger partial charge in [0.05, 0.1) is 0 Å². The summed E-state index contributed by atoms with van der Waals surface area (Å²) in [7, 11) is 0. The zero-order valence-electron chi connectivity index (χ0n) is 7.46. The highest BCUT2D eigenvalue weighted by Crippen LogP contribution is 2.07. The van der Waals surface area contributed by atoms with E-state index in [0.29, 0.717) is 12.6 Å². The molecule has 0 aliphatic rings. The maximum Gasteiger partial charge on any atom is 0.0381 e. The van der Waals surface area contributed by atoms with Crippen LogP contribution in [0.2, 0.25) is 0 Å².